The molecule has 3 fully saturated rings. The van der Waals surface area contributed by atoms with E-state index < -0.39 is 5.54 Å². The quantitative estimate of drug-likeness (QED) is 0.671. The smallest absolute Gasteiger partial charge is 0.325 e. The molecule has 0 bridgehead atoms. The average molecular weight is 451 g/mol. The lowest BCUT2D eigenvalue weighted by molar-refractivity contribution is -0.132. The maximum atomic E-state index is 12.8. The lowest BCUT2D eigenvalue weighted by atomic mass is 9.82. The van der Waals surface area contributed by atoms with Gasteiger partial charge in [0.25, 0.3) is 5.91 Å². The lowest BCUT2D eigenvalue weighted by Gasteiger charge is -2.30. The van der Waals surface area contributed by atoms with Crippen molar-refractivity contribution < 1.29 is 14.4 Å². The first-order chi connectivity index (χ1) is 14.5. The van der Waals surface area contributed by atoms with Crippen molar-refractivity contribution in [2.24, 2.45) is 0 Å². The number of urea groups is 1. The molecule has 2 heterocycles. The van der Waals surface area contributed by atoms with Gasteiger partial charge in [-0.3, -0.25) is 14.5 Å². The summed E-state index contributed by atoms with van der Waals surface area (Å²) in [6.07, 6.45) is 4.38. The van der Waals surface area contributed by atoms with Crippen LogP contribution in [0.15, 0.2) is 18.2 Å². The lowest BCUT2D eigenvalue weighted by Crippen LogP contribution is -2.48. The Labute approximate surface area is 185 Å². The van der Waals surface area contributed by atoms with E-state index in [1.165, 1.54) is 4.90 Å². The summed E-state index contributed by atoms with van der Waals surface area (Å²) in [5.74, 6) is 1.73. The molecule has 2 saturated heterocycles. The van der Waals surface area contributed by atoms with Crippen LogP contribution in [0.3, 0.4) is 0 Å². The van der Waals surface area contributed by atoms with Crippen LogP contribution in [0.5, 0.6) is 0 Å². The minimum atomic E-state index is -0.748. The Hall–Kier alpha value is -1.93. The third-order valence-corrected chi connectivity index (χ3v) is 7.34. The van der Waals surface area contributed by atoms with Crippen molar-refractivity contribution in [3.63, 3.8) is 0 Å². The van der Waals surface area contributed by atoms with Gasteiger partial charge in [-0.15, -0.1) is 0 Å². The minimum Gasteiger partial charge on any atom is -0.369 e. The van der Waals surface area contributed by atoms with Crippen LogP contribution in [0.1, 0.15) is 38.5 Å². The maximum Gasteiger partial charge on any atom is 0.325 e. The largest absolute Gasteiger partial charge is 0.369 e. The van der Waals surface area contributed by atoms with E-state index in [1.54, 1.807) is 6.07 Å². The van der Waals surface area contributed by atoms with Gasteiger partial charge in [0, 0.05) is 43.2 Å². The van der Waals surface area contributed by atoms with E-state index in [2.05, 4.69) is 15.5 Å². The van der Waals surface area contributed by atoms with E-state index in [0.29, 0.717) is 23.6 Å². The van der Waals surface area contributed by atoms with Crippen molar-refractivity contribution in [3.05, 3.63) is 23.2 Å². The summed E-state index contributed by atoms with van der Waals surface area (Å²) in [6, 6.07) is 5.13. The number of thioether (sulfide) groups is 1. The summed E-state index contributed by atoms with van der Waals surface area (Å²) in [7, 11) is 0. The van der Waals surface area contributed by atoms with Crippen LogP contribution in [0.4, 0.5) is 16.2 Å². The number of benzene rings is 1. The van der Waals surface area contributed by atoms with Crippen molar-refractivity contribution in [2.45, 2.75) is 44.1 Å². The van der Waals surface area contributed by atoms with Gasteiger partial charge in [0.15, 0.2) is 0 Å². The SMILES string of the molecule is O=C(CCN1C(=O)NC2(CCCCC2)C1=O)Nc1ccc(N2CCSCC2)c(Cl)c1. The molecule has 1 aromatic carbocycles. The highest BCUT2D eigenvalue weighted by Crippen LogP contribution is 2.34. The molecule has 30 heavy (non-hydrogen) atoms. The molecule has 1 aromatic rings. The predicted octanol–water partition coefficient (Wildman–Crippen LogP) is 3.48. The topological polar surface area (TPSA) is 81.8 Å². The molecule has 2 aliphatic heterocycles. The van der Waals surface area contributed by atoms with Crippen LogP contribution in [0.25, 0.3) is 0 Å². The molecule has 4 amide bonds. The zero-order chi connectivity index (χ0) is 21.1. The molecule has 1 spiro atoms. The second-order valence-corrected chi connectivity index (χ2v) is 9.73. The van der Waals surface area contributed by atoms with Gasteiger partial charge < -0.3 is 15.5 Å². The van der Waals surface area contributed by atoms with Gasteiger partial charge in [-0.2, -0.15) is 11.8 Å². The van der Waals surface area contributed by atoms with Crippen molar-refractivity contribution in [3.8, 4) is 0 Å². The summed E-state index contributed by atoms with van der Waals surface area (Å²) in [5, 5.41) is 6.30. The molecule has 1 aliphatic carbocycles. The van der Waals surface area contributed by atoms with Gasteiger partial charge in [0.2, 0.25) is 5.91 Å². The molecule has 9 heteroatoms. The van der Waals surface area contributed by atoms with E-state index in [1.807, 2.05) is 23.9 Å². The van der Waals surface area contributed by atoms with Gasteiger partial charge >= 0.3 is 6.03 Å². The molecule has 2 N–H and O–H groups in total. The Kier molecular flexibility index (Phi) is 6.43. The summed E-state index contributed by atoms with van der Waals surface area (Å²) >= 11 is 8.38. The highest BCUT2D eigenvalue weighted by molar-refractivity contribution is 7.99. The van der Waals surface area contributed by atoms with E-state index >= 15 is 0 Å². The number of anilines is 2. The molecule has 0 atom stereocenters. The Morgan fingerprint density at radius 2 is 1.90 bits per heavy atom. The molecule has 7 nitrogen and oxygen atoms in total. The molecule has 0 radical (unpaired) electrons. The molecule has 0 unspecified atom stereocenters. The first-order valence-corrected chi connectivity index (χ1v) is 12.1. The fraction of sp³-hybridized carbons (Fsp3) is 0.571. The maximum absolute atomic E-state index is 12.8. The summed E-state index contributed by atoms with van der Waals surface area (Å²) in [5.41, 5.74) is 0.843. The zero-order valence-electron chi connectivity index (χ0n) is 16.9. The van der Waals surface area contributed by atoms with E-state index in [0.717, 1.165) is 49.5 Å². The Bertz CT molecular complexity index is 838. The fourth-order valence-electron chi connectivity index (χ4n) is 4.46. The van der Waals surface area contributed by atoms with Crippen LogP contribution in [0.2, 0.25) is 5.02 Å². The Morgan fingerprint density at radius 1 is 1.17 bits per heavy atom. The van der Waals surface area contributed by atoms with Crippen LogP contribution in [-0.2, 0) is 9.59 Å². The number of carbonyl (C=O) groups excluding carboxylic acids is 3. The molecule has 3 aliphatic rings. The highest BCUT2D eigenvalue weighted by atomic mass is 35.5. The van der Waals surface area contributed by atoms with Gasteiger partial charge in [-0.25, -0.2) is 4.79 Å². The molecular weight excluding hydrogens is 424 g/mol. The molecule has 162 valence electrons. The average Bonchev–Trinajstić information content (AvgIpc) is 2.96. The number of rotatable bonds is 5. The van der Waals surface area contributed by atoms with Crippen LogP contribution >= 0.6 is 23.4 Å². The van der Waals surface area contributed by atoms with Gasteiger partial charge in [-0.1, -0.05) is 30.9 Å². The number of amides is 4. The van der Waals surface area contributed by atoms with Crippen molar-refractivity contribution in [2.75, 3.05) is 41.4 Å². The summed E-state index contributed by atoms with van der Waals surface area (Å²) in [6.45, 7) is 2.00. The van der Waals surface area contributed by atoms with Crippen LogP contribution in [0, 0.1) is 0 Å². The monoisotopic (exact) mass is 450 g/mol. The zero-order valence-corrected chi connectivity index (χ0v) is 18.5. The predicted molar refractivity (Wildman–Crippen MR) is 120 cm³/mol. The third-order valence-electron chi connectivity index (χ3n) is 6.10. The molecule has 0 aromatic heterocycles. The number of hydrogen-bond acceptors (Lipinski definition) is 5. The van der Waals surface area contributed by atoms with Crippen molar-refractivity contribution in [1.82, 2.24) is 10.2 Å². The second-order valence-electron chi connectivity index (χ2n) is 8.09. The summed E-state index contributed by atoms with van der Waals surface area (Å²) in [4.78, 5) is 40.9. The molecular formula is C21H27ClN4O3S. The minimum absolute atomic E-state index is 0.0535. The van der Waals surface area contributed by atoms with Crippen LogP contribution < -0.4 is 15.5 Å². The fourth-order valence-corrected chi connectivity index (χ4v) is 5.66. The standard InChI is InChI=1S/C21H27ClN4O3S/c22-16-14-15(4-5-17(16)25-10-12-30-13-11-25)23-18(27)6-9-26-19(28)21(24-20(26)29)7-2-1-3-8-21/h4-5,14H,1-3,6-13H2,(H,23,27)(H,24,29). The first kappa shape index (κ1) is 21.3. The Morgan fingerprint density at radius 3 is 2.60 bits per heavy atom. The first-order valence-electron chi connectivity index (χ1n) is 10.5. The summed E-state index contributed by atoms with van der Waals surface area (Å²) < 4.78 is 0. The van der Waals surface area contributed by atoms with Gasteiger partial charge in [0.05, 0.1) is 10.7 Å². The number of hydrogen-bond donors (Lipinski definition) is 2. The molecule has 1 saturated carbocycles. The third kappa shape index (κ3) is 4.39. The van der Waals surface area contributed by atoms with E-state index in [9.17, 15) is 14.4 Å². The number of imide groups is 1. The number of halogens is 1. The number of carbonyl (C=O) groups is 3. The van der Waals surface area contributed by atoms with Crippen LogP contribution in [-0.4, -0.2) is 59.4 Å². The Balaban J connectivity index is 1.32. The second kappa shape index (κ2) is 9.06. The number of nitrogens with one attached hydrogen (secondary N) is 2. The van der Waals surface area contributed by atoms with E-state index in [4.69, 9.17) is 11.6 Å². The van der Waals surface area contributed by atoms with Gasteiger partial charge in [0.1, 0.15) is 5.54 Å². The van der Waals surface area contributed by atoms with Gasteiger partial charge in [-0.05, 0) is 31.0 Å². The van der Waals surface area contributed by atoms with Crippen molar-refractivity contribution in [1.29, 1.82) is 0 Å². The molecule has 4 rings (SSSR count). The van der Waals surface area contributed by atoms with Crippen molar-refractivity contribution >= 4 is 52.6 Å². The number of nitrogens with zero attached hydrogens (tertiary/aromatic N) is 2. The normalized spacial score (nSPS) is 21.1. The highest BCUT2D eigenvalue weighted by Gasteiger charge is 2.51. The van der Waals surface area contributed by atoms with E-state index in [-0.39, 0.29) is 30.8 Å².